The van der Waals surface area contributed by atoms with Crippen molar-refractivity contribution >= 4 is 29.0 Å². The van der Waals surface area contributed by atoms with Crippen molar-refractivity contribution in [3.05, 3.63) is 39.4 Å². The summed E-state index contributed by atoms with van der Waals surface area (Å²) in [4.78, 5) is 27.5. The fraction of sp³-hybridized carbons (Fsp3) is 0.526. The van der Waals surface area contributed by atoms with Crippen LogP contribution < -0.4 is 10.9 Å². The molecule has 25 heavy (non-hydrogen) atoms. The maximum atomic E-state index is 12.5. The van der Waals surface area contributed by atoms with Crippen molar-refractivity contribution in [1.82, 2.24) is 14.9 Å². The molecule has 1 amide bonds. The fourth-order valence-electron chi connectivity index (χ4n) is 3.17. The second-order valence-corrected chi connectivity index (χ2v) is 7.32. The van der Waals surface area contributed by atoms with Gasteiger partial charge in [0.25, 0.3) is 5.56 Å². The van der Waals surface area contributed by atoms with Crippen LogP contribution in [-0.2, 0) is 11.3 Å². The van der Waals surface area contributed by atoms with E-state index in [0.29, 0.717) is 35.1 Å². The van der Waals surface area contributed by atoms with E-state index >= 15 is 0 Å². The number of fused-ring (bicyclic) bond motifs is 1. The monoisotopic (exact) mass is 359 g/mol. The molecule has 1 aromatic carbocycles. The summed E-state index contributed by atoms with van der Waals surface area (Å²) in [5.74, 6) is 0.824. The minimum absolute atomic E-state index is 0.0460. The number of nitrogens with one attached hydrogen (secondary N) is 2. The molecular formula is C19H25N3O2S. The topological polar surface area (TPSA) is 66.9 Å². The van der Waals surface area contributed by atoms with Crippen LogP contribution in [0.3, 0.4) is 0 Å². The number of nitrogens with zero attached hydrogens (tertiary/aromatic N) is 1. The van der Waals surface area contributed by atoms with E-state index in [9.17, 15) is 9.59 Å². The Morgan fingerprint density at radius 1 is 1.32 bits per heavy atom. The zero-order valence-corrected chi connectivity index (χ0v) is 15.4. The summed E-state index contributed by atoms with van der Waals surface area (Å²) < 4.78 is 2.08. The highest BCUT2D eigenvalue weighted by molar-refractivity contribution is 7.71. The van der Waals surface area contributed by atoms with Gasteiger partial charge in [-0.05, 0) is 62.9 Å². The lowest BCUT2D eigenvalue weighted by Crippen LogP contribution is -2.33. The minimum atomic E-state index is -0.0460. The maximum absolute atomic E-state index is 12.5. The SMILES string of the molecule is C[C@@H](NC(=O)CCCCCn1c(=S)[nH]c2ccccc2c1=O)C1CC1. The lowest BCUT2D eigenvalue weighted by atomic mass is 10.1. The normalized spacial score (nSPS) is 15.2. The van der Waals surface area contributed by atoms with Crippen molar-refractivity contribution in [2.75, 3.05) is 0 Å². The van der Waals surface area contributed by atoms with Crippen molar-refractivity contribution in [2.45, 2.75) is 58.0 Å². The molecule has 1 saturated carbocycles. The van der Waals surface area contributed by atoms with E-state index in [1.54, 1.807) is 4.57 Å². The molecule has 0 saturated heterocycles. The van der Waals surface area contributed by atoms with Crippen LogP contribution in [0.1, 0.15) is 45.4 Å². The van der Waals surface area contributed by atoms with Gasteiger partial charge in [0, 0.05) is 19.0 Å². The van der Waals surface area contributed by atoms with E-state index in [1.807, 2.05) is 24.3 Å². The van der Waals surface area contributed by atoms with Gasteiger partial charge >= 0.3 is 0 Å². The molecule has 6 heteroatoms. The van der Waals surface area contributed by atoms with Crippen LogP contribution in [0.5, 0.6) is 0 Å². The quantitative estimate of drug-likeness (QED) is 0.560. The molecule has 1 aromatic heterocycles. The van der Waals surface area contributed by atoms with Crippen LogP contribution in [0.4, 0.5) is 0 Å². The molecule has 2 N–H and O–H groups in total. The predicted molar refractivity (Wildman–Crippen MR) is 102 cm³/mol. The third kappa shape index (κ3) is 4.57. The van der Waals surface area contributed by atoms with Gasteiger partial charge in [-0.25, -0.2) is 0 Å². The smallest absolute Gasteiger partial charge is 0.262 e. The number of rotatable bonds is 8. The van der Waals surface area contributed by atoms with Gasteiger partial charge in [-0.1, -0.05) is 18.6 Å². The van der Waals surface area contributed by atoms with Gasteiger partial charge in [0.1, 0.15) is 0 Å². The molecule has 0 aliphatic heterocycles. The van der Waals surface area contributed by atoms with Crippen LogP contribution in [0.2, 0.25) is 0 Å². The zero-order chi connectivity index (χ0) is 17.8. The van der Waals surface area contributed by atoms with E-state index in [1.165, 1.54) is 12.8 Å². The first-order chi connectivity index (χ1) is 12.1. The van der Waals surface area contributed by atoms with Crippen LogP contribution >= 0.6 is 12.2 Å². The van der Waals surface area contributed by atoms with E-state index in [4.69, 9.17) is 12.2 Å². The third-order valence-corrected chi connectivity index (χ3v) is 5.22. The predicted octanol–water partition coefficient (Wildman–Crippen LogP) is 3.53. The van der Waals surface area contributed by atoms with Crippen LogP contribution in [0, 0.1) is 10.7 Å². The lowest BCUT2D eigenvalue weighted by Gasteiger charge is -2.12. The van der Waals surface area contributed by atoms with Gasteiger partial charge in [-0.2, -0.15) is 0 Å². The number of H-pyrrole nitrogens is 1. The van der Waals surface area contributed by atoms with Crippen LogP contribution in [0.15, 0.2) is 29.1 Å². The van der Waals surface area contributed by atoms with E-state index < -0.39 is 0 Å². The summed E-state index contributed by atoms with van der Waals surface area (Å²) in [6.45, 7) is 2.67. The largest absolute Gasteiger partial charge is 0.353 e. The maximum Gasteiger partial charge on any atom is 0.262 e. The van der Waals surface area contributed by atoms with Gasteiger partial charge in [0.15, 0.2) is 4.77 Å². The summed E-state index contributed by atoms with van der Waals surface area (Å²) in [5.41, 5.74) is 0.727. The number of benzene rings is 1. The molecule has 1 atom stereocenters. The molecular weight excluding hydrogens is 334 g/mol. The molecule has 1 aliphatic rings. The average molecular weight is 359 g/mol. The summed E-state index contributed by atoms with van der Waals surface area (Å²) in [6, 6.07) is 7.71. The molecule has 0 unspecified atom stereocenters. The number of amides is 1. The second-order valence-electron chi connectivity index (χ2n) is 6.94. The Balaban J connectivity index is 1.47. The first-order valence-corrected chi connectivity index (χ1v) is 9.48. The average Bonchev–Trinajstić information content (AvgIpc) is 3.42. The first kappa shape index (κ1) is 17.9. The minimum Gasteiger partial charge on any atom is -0.353 e. The number of unbranched alkanes of at least 4 members (excludes halogenated alkanes) is 2. The number of carbonyl (C=O) groups is 1. The van der Waals surface area contributed by atoms with Crippen molar-refractivity contribution in [1.29, 1.82) is 0 Å². The molecule has 0 spiro atoms. The number of aromatic nitrogens is 2. The Morgan fingerprint density at radius 2 is 2.08 bits per heavy atom. The van der Waals surface area contributed by atoms with Crippen molar-refractivity contribution < 1.29 is 4.79 Å². The van der Waals surface area contributed by atoms with Crippen molar-refractivity contribution in [3.8, 4) is 0 Å². The summed E-state index contributed by atoms with van der Waals surface area (Å²) in [5, 5.41) is 3.73. The van der Waals surface area contributed by atoms with Gasteiger partial charge in [0.2, 0.25) is 5.91 Å². The molecule has 3 rings (SSSR count). The molecule has 1 aliphatic carbocycles. The highest BCUT2D eigenvalue weighted by atomic mass is 32.1. The molecule has 1 fully saturated rings. The fourth-order valence-corrected chi connectivity index (χ4v) is 3.46. The van der Waals surface area contributed by atoms with E-state index in [2.05, 4.69) is 17.2 Å². The lowest BCUT2D eigenvalue weighted by molar-refractivity contribution is -0.121. The molecule has 0 radical (unpaired) electrons. The van der Waals surface area contributed by atoms with Crippen molar-refractivity contribution in [3.63, 3.8) is 0 Å². The summed E-state index contributed by atoms with van der Waals surface area (Å²) in [7, 11) is 0. The molecule has 5 nitrogen and oxygen atoms in total. The third-order valence-electron chi connectivity index (χ3n) is 4.89. The van der Waals surface area contributed by atoms with Crippen LogP contribution in [-0.4, -0.2) is 21.5 Å². The van der Waals surface area contributed by atoms with E-state index in [-0.39, 0.29) is 11.5 Å². The van der Waals surface area contributed by atoms with E-state index in [0.717, 1.165) is 24.8 Å². The molecule has 2 aromatic rings. The van der Waals surface area contributed by atoms with Crippen molar-refractivity contribution in [2.24, 2.45) is 5.92 Å². The number of para-hydroxylation sites is 1. The number of aromatic amines is 1. The molecule has 134 valence electrons. The Hall–Kier alpha value is -1.95. The Morgan fingerprint density at radius 3 is 2.84 bits per heavy atom. The zero-order valence-electron chi connectivity index (χ0n) is 14.6. The Kier molecular flexibility index (Phi) is 5.68. The van der Waals surface area contributed by atoms with Crippen LogP contribution in [0.25, 0.3) is 10.9 Å². The number of hydrogen-bond donors (Lipinski definition) is 2. The second kappa shape index (κ2) is 7.95. The molecule has 1 heterocycles. The van der Waals surface area contributed by atoms with Gasteiger partial charge in [0.05, 0.1) is 10.9 Å². The summed E-state index contributed by atoms with van der Waals surface area (Å²) >= 11 is 5.31. The standard InChI is InChI=1S/C19H25N3O2S/c1-13(14-10-11-14)20-17(23)9-3-2-6-12-22-18(24)15-7-4-5-8-16(15)21-19(22)25/h4-5,7-8,13-14H,2-3,6,9-12H2,1H3,(H,20,23)(H,21,25)/t13-/m1/s1. The summed E-state index contributed by atoms with van der Waals surface area (Å²) in [6.07, 6.45) is 5.60. The number of hydrogen-bond acceptors (Lipinski definition) is 3. The highest BCUT2D eigenvalue weighted by Gasteiger charge is 2.28. The molecule has 0 bridgehead atoms. The highest BCUT2D eigenvalue weighted by Crippen LogP contribution is 2.32. The Labute approximate surface area is 152 Å². The first-order valence-electron chi connectivity index (χ1n) is 9.07. The number of carbonyl (C=O) groups excluding carboxylic acids is 1. The van der Waals surface area contributed by atoms with Gasteiger partial charge in [-0.3, -0.25) is 14.2 Å². The Bertz CT molecular complexity index is 867. The van der Waals surface area contributed by atoms with Gasteiger partial charge < -0.3 is 10.3 Å². The van der Waals surface area contributed by atoms with Gasteiger partial charge in [-0.15, -0.1) is 0 Å².